The molecule has 2 amide bonds. The first-order valence-electron chi connectivity index (χ1n) is 8.52. The van der Waals surface area contributed by atoms with Crippen LogP contribution in [0.15, 0.2) is 42.7 Å². The van der Waals surface area contributed by atoms with Crippen molar-refractivity contribution in [1.29, 1.82) is 0 Å². The molecule has 26 heavy (non-hydrogen) atoms. The number of hydrogen-bond acceptors (Lipinski definition) is 6. The summed E-state index contributed by atoms with van der Waals surface area (Å²) >= 11 is 0. The van der Waals surface area contributed by atoms with Gasteiger partial charge < -0.3 is 19.9 Å². The molecule has 2 aromatic rings. The van der Waals surface area contributed by atoms with E-state index in [1.54, 1.807) is 54.5 Å². The highest BCUT2D eigenvalue weighted by atomic mass is 16.5. The van der Waals surface area contributed by atoms with Crippen LogP contribution in [-0.4, -0.2) is 59.7 Å². The van der Waals surface area contributed by atoms with Crippen molar-refractivity contribution in [3.8, 4) is 0 Å². The van der Waals surface area contributed by atoms with E-state index in [0.29, 0.717) is 50.0 Å². The monoisotopic (exact) mass is 355 g/mol. The predicted octanol–water partition coefficient (Wildman–Crippen LogP) is 2.01. The van der Waals surface area contributed by atoms with Gasteiger partial charge in [-0.3, -0.25) is 0 Å². The van der Waals surface area contributed by atoms with Gasteiger partial charge in [0.05, 0.1) is 12.2 Å². The maximum atomic E-state index is 12.4. The Hall–Kier alpha value is -3.16. The molecule has 0 radical (unpaired) electrons. The summed E-state index contributed by atoms with van der Waals surface area (Å²) < 4.78 is 4.94. The number of piperazine rings is 1. The molecule has 1 aromatic carbocycles. The molecule has 0 atom stereocenters. The number of carbonyl (C=O) groups excluding carboxylic acids is 2. The minimum absolute atomic E-state index is 0.164. The highest BCUT2D eigenvalue weighted by Gasteiger charge is 2.22. The van der Waals surface area contributed by atoms with Crippen LogP contribution in [0.5, 0.6) is 0 Å². The van der Waals surface area contributed by atoms with Gasteiger partial charge in [0, 0.05) is 44.3 Å². The van der Waals surface area contributed by atoms with Gasteiger partial charge in [0.15, 0.2) is 0 Å². The van der Waals surface area contributed by atoms with E-state index in [0.717, 1.165) is 0 Å². The fraction of sp³-hybridized carbons (Fsp3) is 0.333. The van der Waals surface area contributed by atoms with E-state index in [2.05, 4.69) is 20.2 Å². The van der Waals surface area contributed by atoms with E-state index in [-0.39, 0.29) is 12.0 Å². The average molecular weight is 355 g/mol. The Bertz CT molecular complexity index is 743. The average Bonchev–Trinajstić information content (AvgIpc) is 2.69. The molecule has 1 aliphatic rings. The fourth-order valence-electron chi connectivity index (χ4n) is 2.67. The lowest BCUT2D eigenvalue weighted by Crippen LogP contribution is -2.50. The highest BCUT2D eigenvalue weighted by Crippen LogP contribution is 2.14. The number of amides is 2. The van der Waals surface area contributed by atoms with Crippen LogP contribution in [0.25, 0.3) is 0 Å². The molecule has 0 aliphatic carbocycles. The second-order valence-electron chi connectivity index (χ2n) is 5.75. The summed E-state index contributed by atoms with van der Waals surface area (Å²) in [4.78, 5) is 36.3. The molecule has 1 aromatic heterocycles. The van der Waals surface area contributed by atoms with Crippen molar-refractivity contribution in [2.24, 2.45) is 0 Å². The Labute approximate surface area is 151 Å². The summed E-state index contributed by atoms with van der Waals surface area (Å²) in [6.45, 7) is 4.63. The molecule has 0 spiro atoms. The van der Waals surface area contributed by atoms with Crippen molar-refractivity contribution < 1.29 is 14.3 Å². The highest BCUT2D eigenvalue weighted by molar-refractivity contribution is 5.92. The molecular formula is C18H21N5O3. The number of anilines is 2. The van der Waals surface area contributed by atoms with Crippen molar-refractivity contribution in [3.63, 3.8) is 0 Å². The van der Waals surface area contributed by atoms with Gasteiger partial charge in [-0.25, -0.2) is 19.6 Å². The van der Waals surface area contributed by atoms with E-state index in [1.807, 2.05) is 0 Å². The van der Waals surface area contributed by atoms with Crippen LogP contribution < -0.4 is 10.2 Å². The summed E-state index contributed by atoms with van der Waals surface area (Å²) in [5.41, 5.74) is 1.10. The van der Waals surface area contributed by atoms with Crippen LogP contribution >= 0.6 is 0 Å². The third-order valence-electron chi connectivity index (χ3n) is 4.05. The fourth-order valence-corrected chi connectivity index (χ4v) is 2.67. The van der Waals surface area contributed by atoms with Crippen LogP contribution in [0.1, 0.15) is 17.3 Å². The molecule has 1 N–H and O–H groups in total. The first-order valence-corrected chi connectivity index (χ1v) is 8.52. The maximum Gasteiger partial charge on any atom is 0.338 e. The molecule has 1 saturated heterocycles. The van der Waals surface area contributed by atoms with Crippen LogP contribution in [0.2, 0.25) is 0 Å². The van der Waals surface area contributed by atoms with E-state index < -0.39 is 0 Å². The predicted molar refractivity (Wildman–Crippen MR) is 97.2 cm³/mol. The lowest BCUT2D eigenvalue weighted by atomic mass is 10.2. The maximum absolute atomic E-state index is 12.4. The van der Waals surface area contributed by atoms with E-state index in [1.165, 1.54) is 0 Å². The van der Waals surface area contributed by atoms with Crippen LogP contribution in [0, 0.1) is 0 Å². The molecule has 3 rings (SSSR count). The number of rotatable bonds is 4. The van der Waals surface area contributed by atoms with Gasteiger partial charge in [0.1, 0.15) is 0 Å². The first kappa shape index (κ1) is 17.7. The second-order valence-corrected chi connectivity index (χ2v) is 5.75. The zero-order valence-corrected chi connectivity index (χ0v) is 14.6. The number of esters is 1. The van der Waals surface area contributed by atoms with Gasteiger partial charge in [-0.2, -0.15) is 0 Å². The number of hydrogen-bond donors (Lipinski definition) is 1. The van der Waals surface area contributed by atoms with E-state index in [4.69, 9.17) is 4.74 Å². The minimum atomic E-state index is -0.371. The Morgan fingerprint density at radius 2 is 1.73 bits per heavy atom. The molecule has 8 nitrogen and oxygen atoms in total. The molecule has 136 valence electrons. The van der Waals surface area contributed by atoms with Crippen molar-refractivity contribution >= 4 is 23.6 Å². The van der Waals surface area contributed by atoms with Crippen LogP contribution in [0.4, 0.5) is 16.4 Å². The van der Waals surface area contributed by atoms with E-state index in [9.17, 15) is 9.59 Å². The van der Waals surface area contributed by atoms with Crippen molar-refractivity contribution in [3.05, 3.63) is 48.3 Å². The number of ether oxygens (including phenoxy) is 1. The quantitative estimate of drug-likeness (QED) is 0.844. The normalized spacial score (nSPS) is 14.0. The number of benzene rings is 1. The van der Waals surface area contributed by atoms with Crippen molar-refractivity contribution in [2.45, 2.75) is 6.92 Å². The Balaban J connectivity index is 1.52. The molecule has 0 unspecified atom stereocenters. The lowest BCUT2D eigenvalue weighted by molar-refractivity contribution is 0.0526. The Morgan fingerprint density at radius 3 is 2.35 bits per heavy atom. The van der Waals surface area contributed by atoms with Gasteiger partial charge in [-0.1, -0.05) is 0 Å². The van der Waals surface area contributed by atoms with Crippen molar-refractivity contribution in [2.75, 3.05) is 43.0 Å². The molecule has 2 heterocycles. The summed E-state index contributed by atoms with van der Waals surface area (Å²) in [6.07, 6.45) is 3.42. The number of urea groups is 1. The standard InChI is InChI=1S/C18H21N5O3/c1-2-26-16(24)14-4-6-15(7-5-14)21-18(25)23-12-10-22(11-13-23)17-19-8-3-9-20-17/h3-9H,2,10-13H2,1H3,(H,21,25). The zero-order chi connectivity index (χ0) is 18.4. The summed E-state index contributed by atoms with van der Waals surface area (Å²) in [6, 6.07) is 8.27. The molecular weight excluding hydrogens is 334 g/mol. The van der Waals surface area contributed by atoms with E-state index >= 15 is 0 Å². The lowest BCUT2D eigenvalue weighted by Gasteiger charge is -2.34. The largest absolute Gasteiger partial charge is 0.462 e. The third kappa shape index (κ3) is 4.27. The number of carbonyl (C=O) groups is 2. The van der Waals surface area contributed by atoms with Gasteiger partial charge in [0.25, 0.3) is 0 Å². The van der Waals surface area contributed by atoms with Crippen LogP contribution in [0.3, 0.4) is 0 Å². The molecule has 0 bridgehead atoms. The summed E-state index contributed by atoms with van der Waals surface area (Å²) in [7, 11) is 0. The molecule has 8 heteroatoms. The van der Waals surface area contributed by atoms with Gasteiger partial charge in [0.2, 0.25) is 5.95 Å². The molecule has 1 aliphatic heterocycles. The van der Waals surface area contributed by atoms with Crippen molar-refractivity contribution in [1.82, 2.24) is 14.9 Å². The van der Waals surface area contributed by atoms with Gasteiger partial charge >= 0.3 is 12.0 Å². The Kier molecular flexibility index (Phi) is 5.62. The number of aromatic nitrogens is 2. The van der Waals surface area contributed by atoms with Gasteiger partial charge in [-0.15, -0.1) is 0 Å². The molecule has 1 fully saturated rings. The van der Waals surface area contributed by atoms with Crippen LogP contribution in [-0.2, 0) is 4.74 Å². The number of nitrogens with one attached hydrogen (secondary N) is 1. The second kappa shape index (κ2) is 8.28. The third-order valence-corrected chi connectivity index (χ3v) is 4.05. The SMILES string of the molecule is CCOC(=O)c1ccc(NC(=O)N2CCN(c3ncccn3)CC2)cc1. The summed E-state index contributed by atoms with van der Waals surface area (Å²) in [5.74, 6) is 0.312. The first-order chi connectivity index (χ1) is 12.7. The number of nitrogens with zero attached hydrogens (tertiary/aromatic N) is 4. The minimum Gasteiger partial charge on any atom is -0.462 e. The molecule has 0 saturated carbocycles. The smallest absolute Gasteiger partial charge is 0.338 e. The van der Waals surface area contributed by atoms with Gasteiger partial charge in [-0.05, 0) is 37.3 Å². The topological polar surface area (TPSA) is 87.7 Å². The zero-order valence-electron chi connectivity index (χ0n) is 14.6. The Morgan fingerprint density at radius 1 is 1.08 bits per heavy atom. The summed E-state index contributed by atoms with van der Waals surface area (Å²) in [5, 5.41) is 2.85.